The van der Waals surface area contributed by atoms with Gasteiger partial charge in [-0.05, 0) is 12.8 Å². The molecule has 16 heavy (non-hydrogen) atoms. The lowest BCUT2D eigenvalue weighted by molar-refractivity contribution is 0.338. The van der Waals surface area contributed by atoms with Crippen LogP contribution in [0.3, 0.4) is 0 Å². The van der Waals surface area contributed by atoms with Gasteiger partial charge in [-0.2, -0.15) is 4.98 Å². The Morgan fingerprint density at radius 2 is 2.12 bits per heavy atom. The average molecular weight is 239 g/mol. The maximum absolute atomic E-state index is 5.36. The van der Waals surface area contributed by atoms with E-state index in [-0.39, 0.29) is 6.04 Å². The highest BCUT2D eigenvalue weighted by atomic mass is 32.2. The second-order valence-corrected chi connectivity index (χ2v) is 5.63. The molecule has 0 bridgehead atoms. The largest absolute Gasteiger partial charge is 0.338 e. The molecular formula is C11H17N3OS. The molecule has 1 aromatic rings. The summed E-state index contributed by atoms with van der Waals surface area (Å²) < 4.78 is 5.36. The summed E-state index contributed by atoms with van der Waals surface area (Å²) in [7, 11) is 0. The van der Waals surface area contributed by atoms with E-state index >= 15 is 0 Å². The maximum Gasteiger partial charge on any atom is 0.244 e. The van der Waals surface area contributed by atoms with Crippen molar-refractivity contribution in [3.05, 3.63) is 11.7 Å². The zero-order chi connectivity index (χ0) is 10.8. The van der Waals surface area contributed by atoms with Crippen LogP contribution in [0.2, 0.25) is 0 Å². The fourth-order valence-electron chi connectivity index (χ4n) is 2.47. The van der Waals surface area contributed by atoms with Gasteiger partial charge in [0.2, 0.25) is 5.89 Å². The fraction of sp³-hybridized carbons (Fsp3) is 0.818. The zero-order valence-corrected chi connectivity index (χ0v) is 10.1. The summed E-state index contributed by atoms with van der Waals surface area (Å²) in [5, 5.41) is 7.50. The number of nitrogens with one attached hydrogen (secondary N) is 1. The number of hydrogen-bond acceptors (Lipinski definition) is 5. The van der Waals surface area contributed by atoms with Gasteiger partial charge >= 0.3 is 0 Å². The predicted molar refractivity (Wildman–Crippen MR) is 63.3 cm³/mol. The zero-order valence-electron chi connectivity index (χ0n) is 9.32. The first-order valence-electron chi connectivity index (χ1n) is 6.08. The van der Waals surface area contributed by atoms with Gasteiger partial charge in [-0.1, -0.05) is 24.4 Å². The van der Waals surface area contributed by atoms with Crippen LogP contribution in [0.5, 0.6) is 0 Å². The van der Waals surface area contributed by atoms with E-state index in [1.807, 2.05) is 11.8 Å². The fourth-order valence-corrected chi connectivity index (χ4v) is 3.40. The lowest BCUT2D eigenvalue weighted by Gasteiger charge is -2.17. The minimum absolute atomic E-state index is 0.273. The van der Waals surface area contributed by atoms with Crippen molar-refractivity contribution >= 4 is 11.8 Å². The SMILES string of the molecule is C1CCC(c2noc(C3CSCN3)n2)CC1. The van der Waals surface area contributed by atoms with Crippen LogP contribution in [0.1, 0.15) is 55.8 Å². The van der Waals surface area contributed by atoms with E-state index in [1.165, 1.54) is 32.1 Å². The summed E-state index contributed by atoms with van der Waals surface area (Å²) in [5.74, 6) is 4.30. The van der Waals surface area contributed by atoms with Crippen molar-refractivity contribution in [1.82, 2.24) is 15.5 Å². The minimum atomic E-state index is 0.273. The highest BCUT2D eigenvalue weighted by molar-refractivity contribution is 7.99. The molecule has 1 N–H and O–H groups in total. The Morgan fingerprint density at radius 3 is 2.88 bits per heavy atom. The summed E-state index contributed by atoms with van der Waals surface area (Å²) in [6, 6.07) is 0.273. The third-order valence-electron chi connectivity index (χ3n) is 3.44. The Balaban J connectivity index is 1.71. The van der Waals surface area contributed by atoms with Crippen LogP contribution in [0.25, 0.3) is 0 Å². The summed E-state index contributed by atoms with van der Waals surface area (Å²) in [5.41, 5.74) is 0. The lowest BCUT2D eigenvalue weighted by Crippen LogP contribution is -2.15. The van der Waals surface area contributed by atoms with Crippen LogP contribution in [-0.4, -0.2) is 21.8 Å². The van der Waals surface area contributed by atoms with Gasteiger partial charge in [0, 0.05) is 17.5 Å². The normalized spacial score (nSPS) is 27.4. The van der Waals surface area contributed by atoms with Gasteiger partial charge in [0.25, 0.3) is 0 Å². The van der Waals surface area contributed by atoms with Crippen molar-refractivity contribution in [3.8, 4) is 0 Å². The molecule has 1 aliphatic heterocycles. The standard InChI is InChI=1S/C11H17N3OS/c1-2-4-8(5-3-1)10-13-11(15-14-10)9-6-16-7-12-9/h8-9,12H,1-7H2. The van der Waals surface area contributed by atoms with E-state index in [2.05, 4.69) is 15.5 Å². The number of nitrogens with zero attached hydrogens (tertiary/aromatic N) is 2. The minimum Gasteiger partial charge on any atom is -0.338 e. The van der Waals surface area contributed by atoms with Crippen LogP contribution in [0.15, 0.2) is 4.52 Å². The lowest BCUT2D eigenvalue weighted by atomic mass is 9.89. The number of thioether (sulfide) groups is 1. The van der Waals surface area contributed by atoms with Crippen LogP contribution < -0.4 is 5.32 Å². The maximum atomic E-state index is 5.36. The molecular weight excluding hydrogens is 222 g/mol. The predicted octanol–water partition coefficient (Wildman–Crippen LogP) is 2.45. The molecule has 5 heteroatoms. The molecule has 2 aliphatic rings. The van der Waals surface area contributed by atoms with E-state index in [1.54, 1.807) is 0 Å². The first kappa shape index (κ1) is 10.6. The van der Waals surface area contributed by atoms with Crippen molar-refractivity contribution < 1.29 is 4.52 Å². The molecule has 1 unspecified atom stereocenters. The molecule has 1 aromatic heterocycles. The van der Waals surface area contributed by atoms with Crippen molar-refractivity contribution in [2.75, 3.05) is 11.6 Å². The van der Waals surface area contributed by atoms with Crippen molar-refractivity contribution in [2.45, 2.75) is 44.1 Å². The number of aromatic nitrogens is 2. The molecule has 1 aliphatic carbocycles. The Labute approximate surface area is 99.6 Å². The number of rotatable bonds is 2. The molecule has 88 valence electrons. The Hall–Kier alpha value is -0.550. The van der Waals surface area contributed by atoms with E-state index in [0.717, 1.165) is 23.3 Å². The van der Waals surface area contributed by atoms with Gasteiger partial charge in [0.1, 0.15) is 0 Å². The van der Waals surface area contributed by atoms with E-state index in [0.29, 0.717) is 5.92 Å². The highest BCUT2D eigenvalue weighted by Gasteiger charge is 2.26. The van der Waals surface area contributed by atoms with Crippen molar-refractivity contribution in [1.29, 1.82) is 0 Å². The van der Waals surface area contributed by atoms with Crippen molar-refractivity contribution in [2.24, 2.45) is 0 Å². The van der Waals surface area contributed by atoms with E-state index in [9.17, 15) is 0 Å². The van der Waals surface area contributed by atoms with Gasteiger partial charge in [-0.25, -0.2) is 0 Å². The summed E-state index contributed by atoms with van der Waals surface area (Å²) in [6.07, 6.45) is 6.44. The average Bonchev–Trinajstić information content (AvgIpc) is 3.01. The van der Waals surface area contributed by atoms with Crippen LogP contribution >= 0.6 is 11.8 Å². The third kappa shape index (κ3) is 2.11. The molecule has 2 fully saturated rings. The molecule has 0 radical (unpaired) electrons. The van der Waals surface area contributed by atoms with Gasteiger partial charge in [-0.15, -0.1) is 11.8 Å². The molecule has 3 rings (SSSR count). The van der Waals surface area contributed by atoms with Crippen molar-refractivity contribution in [3.63, 3.8) is 0 Å². The highest BCUT2D eigenvalue weighted by Crippen LogP contribution is 2.32. The van der Waals surface area contributed by atoms with Crippen LogP contribution in [0.4, 0.5) is 0 Å². The first-order valence-corrected chi connectivity index (χ1v) is 7.23. The number of hydrogen-bond donors (Lipinski definition) is 1. The summed E-state index contributed by atoms with van der Waals surface area (Å²) in [4.78, 5) is 4.56. The summed E-state index contributed by atoms with van der Waals surface area (Å²) >= 11 is 1.88. The van der Waals surface area contributed by atoms with Crippen LogP contribution in [0, 0.1) is 0 Å². The Morgan fingerprint density at radius 1 is 1.25 bits per heavy atom. The van der Waals surface area contributed by atoms with E-state index in [4.69, 9.17) is 4.52 Å². The molecule has 4 nitrogen and oxygen atoms in total. The quantitative estimate of drug-likeness (QED) is 0.859. The first-order chi connectivity index (χ1) is 7.93. The molecule has 1 saturated heterocycles. The van der Waals surface area contributed by atoms with Crippen LogP contribution in [-0.2, 0) is 0 Å². The van der Waals surface area contributed by atoms with Gasteiger partial charge in [0.05, 0.1) is 6.04 Å². The Bertz CT molecular complexity index is 343. The Kier molecular flexibility index (Phi) is 3.15. The molecule has 0 aromatic carbocycles. The van der Waals surface area contributed by atoms with Gasteiger partial charge < -0.3 is 4.52 Å². The smallest absolute Gasteiger partial charge is 0.244 e. The molecule has 0 amide bonds. The van der Waals surface area contributed by atoms with Gasteiger partial charge in [0.15, 0.2) is 5.82 Å². The molecule has 0 spiro atoms. The molecule has 1 atom stereocenters. The molecule has 2 heterocycles. The van der Waals surface area contributed by atoms with E-state index < -0.39 is 0 Å². The monoisotopic (exact) mass is 239 g/mol. The second kappa shape index (κ2) is 4.75. The second-order valence-electron chi connectivity index (χ2n) is 4.60. The van der Waals surface area contributed by atoms with Gasteiger partial charge in [-0.3, -0.25) is 5.32 Å². The molecule has 1 saturated carbocycles. The third-order valence-corrected chi connectivity index (χ3v) is 4.38. The topological polar surface area (TPSA) is 51.0 Å². The summed E-state index contributed by atoms with van der Waals surface area (Å²) in [6.45, 7) is 0.